The molecule has 8 rings (SSSR count). The molecule has 2 aliphatic heterocycles. The van der Waals surface area contributed by atoms with Gasteiger partial charge in [0.05, 0.1) is 48.3 Å². The molecule has 7 N–H and O–H groups in total. The first-order valence-electron chi connectivity index (χ1n) is 23.0. The van der Waals surface area contributed by atoms with Crippen molar-refractivity contribution in [3.63, 3.8) is 0 Å². The largest absolute Gasteiger partial charge is 0.460 e. The summed E-state index contributed by atoms with van der Waals surface area (Å²) in [7, 11) is 0. The maximum absolute atomic E-state index is 12.4. The molecule has 8 aliphatic rings. The molecule has 21 atom stereocenters. The highest BCUT2D eigenvalue weighted by atomic mass is 16.7. The zero-order valence-electron chi connectivity index (χ0n) is 37.6. The van der Waals surface area contributed by atoms with E-state index in [0.717, 1.165) is 32.1 Å². The van der Waals surface area contributed by atoms with Crippen LogP contribution in [0.2, 0.25) is 0 Å². The van der Waals surface area contributed by atoms with Crippen molar-refractivity contribution >= 4 is 11.9 Å². The SMILES string of the molecule is CC(=O)O[C@@H]1[C@@H](O)[C@H](OC(C)=O)CC[C@H]1O[C@H]1CC[C@]23C[C@]24CC[C@]2(C)[C@@H]([C@@]5(C)CC[C@H](C(C)(C)O)O5)[C@@H](O)C[C@@]2(C)[C@@H]4C[C@H](O[C@@H]2O[C@H](CO)[C@@H](O)[C@H](O)[C@H]2O)[C@@H]3C1(C)C. The quantitative estimate of drug-likeness (QED) is 0.131. The van der Waals surface area contributed by atoms with Gasteiger partial charge in [-0.15, -0.1) is 0 Å². The van der Waals surface area contributed by atoms with Crippen LogP contribution in [-0.4, -0.2) is 145 Å². The van der Waals surface area contributed by atoms with Crippen molar-refractivity contribution in [1.29, 1.82) is 0 Å². The summed E-state index contributed by atoms with van der Waals surface area (Å²) in [4.78, 5) is 24.2. The Balaban J connectivity index is 1.14. The van der Waals surface area contributed by atoms with Gasteiger partial charge >= 0.3 is 11.9 Å². The Morgan fingerprint density at radius 1 is 0.721 bits per heavy atom. The number of rotatable bonds is 9. The number of ether oxygens (including phenoxy) is 6. The van der Waals surface area contributed by atoms with Gasteiger partial charge in [-0.25, -0.2) is 0 Å². The molecule has 15 nitrogen and oxygen atoms in total. The second kappa shape index (κ2) is 15.3. The first kappa shape index (κ1) is 46.0. The second-order valence-corrected chi connectivity index (χ2v) is 22.6. The molecule has 0 unspecified atom stereocenters. The van der Waals surface area contributed by atoms with Gasteiger partial charge in [-0.3, -0.25) is 9.59 Å². The molecule has 0 aromatic rings. The van der Waals surface area contributed by atoms with Crippen molar-refractivity contribution < 1.29 is 73.8 Å². The Bertz CT molecular complexity index is 1680. The lowest BCUT2D eigenvalue weighted by molar-refractivity contribution is -0.333. The molecule has 0 aromatic heterocycles. The number of esters is 2. The summed E-state index contributed by atoms with van der Waals surface area (Å²) < 4.78 is 37.9. The summed E-state index contributed by atoms with van der Waals surface area (Å²) in [5.74, 6) is -1.37. The summed E-state index contributed by atoms with van der Waals surface area (Å²) in [5.41, 5.74) is -3.24. The van der Waals surface area contributed by atoms with Gasteiger partial charge in [-0.1, -0.05) is 27.7 Å². The molecule has 6 saturated carbocycles. The van der Waals surface area contributed by atoms with E-state index < -0.39 is 102 Å². The molecule has 2 spiro atoms. The lowest BCUT2D eigenvalue weighted by Gasteiger charge is -2.65. The van der Waals surface area contributed by atoms with E-state index in [9.17, 15) is 45.3 Å². The monoisotopic (exact) mass is 867 g/mol. The third-order valence-electron chi connectivity index (χ3n) is 18.6. The maximum Gasteiger partial charge on any atom is 0.303 e. The van der Waals surface area contributed by atoms with Crippen LogP contribution >= 0.6 is 0 Å². The molecule has 0 aromatic carbocycles. The summed E-state index contributed by atoms with van der Waals surface area (Å²) in [6.07, 6.45) is -5.48. The van der Waals surface area contributed by atoms with Gasteiger partial charge in [0, 0.05) is 19.8 Å². The number of aliphatic hydroxyl groups is 7. The number of carbonyl (C=O) groups is 2. The molecule has 0 amide bonds. The van der Waals surface area contributed by atoms with E-state index >= 15 is 0 Å². The van der Waals surface area contributed by atoms with Gasteiger partial charge in [0.15, 0.2) is 12.4 Å². The highest BCUT2D eigenvalue weighted by Gasteiger charge is 2.85. The lowest BCUT2D eigenvalue weighted by Crippen LogP contribution is -2.65. The number of fused-ring (bicyclic) bond motifs is 2. The van der Waals surface area contributed by atoms with Crippen LogP contribution in [0.4, 0.5) is 0 Å². The van der Waals surface area contributed by atoms with Crippen molar-refractivity contribution in [3.05, 3.63) is 0 Å². The Hall–Kier alpha value is -1.50. The van der Waals surface area contributed by atoms with Crippen molar-refractivity contribution in [2.24, 2.45) is 44.8 Å². The highest BCUT2D eigenvalue weighted by molar-refractivity contribution is 5.67. The van der Waals surface area contributed by atoms with Gasteiger partial charge in [-0.05, 0) is 130 Å². The topological polar surface area (TPSA) is 231 Å². The van der Waals surface area contributed by atoms with Crippen LogP contribution in [0.5, 0.6) is 0 Å². The van der Waals surface area contributed by atoms with Gasteiger partial charge in [0.25, 0.3) is 0 Å². The zero-order chi connectivity index (χ0) is 44.6. The molecule has 0 radical (unpaired) electrons. The summed E-state index contributed by atoms with van der Waals surface area (Å²) >= 11 is 0. The van der Waals surface area contributed by atoms with Crippen molar-refractivity contribution in [3.8, 4) is 0 Å². The summed E-state index contributed by atoms with van der Waals surface area (Å²) in [6.45, 7) is 16.7. The van der Waals surface area contributed by atoms with E-state index in [-0.39, 0.29) is 51.6 Å². The minimum atomic E-state index is -1.61. The highest BCUT2D eigenvalue weighted by Crippen LogP contribution is 2.89. The Kier molecular flexibility index (Phi) is 11.5. The maximum atomic E-state index is 12.4. The van der Waals surface area contributed by atoms with Crippen molar-refractivity contribution in [1.82, 2.24) is 0 Å². The summed E-state index contributed by atoms with van der Waals surface area (Å²) in [5, 5.41) is 77.7. The van der Waals surface area contributed by atoms with Crippen molar-refractivity contribution in [2.45, 2.75) is 224 Å². The number of carbonyl (C=O) groups excluding carboxylic acids is 2. The molecular weight excluding hydrogens is 792 g/mol. The van der Waals surface area contributed by atoms with E-state index in [4.69, 9.17) is 28.4 Å². The standard InChI is InChI=1S/C46H74O15/c1-22(48)56-25-10-11-26(36(33(25)52)57-23(2)49)58-30-13-15-46-21-45(46)17-16-42(7)37(44(9)14-12-31(61-44)41(5,6)55)24(50)19-43(42,8)29(45)18-27(38(46)40(30,3)4)59-39-35(54)34(53)32(51)28(20-47)60-39/h24-39,47,50-55H,10-21H2,1-9H3/t24-,25+,26+,27-,28+,29-,30-,31+,32+,33-,34-,35+,36-,37-,38+,39+,42+,43-,44+,45-,46+/m0/s1. The van der Waals surface area contributed by atoms with Crippen LogP contribution in [0, 0.1) is 44.8 Å². The molecule has 2 heterocycles. The third-order valence-corrected chi connectivity index (χ3v) is 18.6. The third kappa shape index (κ3) is 6.90. The number of hydrogen-bond acceptors (Lipinski definition) is 15. The minimum absolute atomic E-state index is 0.0797. The smallest absolute Gasteiger partial charge is 0.303 e. The second-order valence-electron chi connectivity index (χ2n) is 22.6. The van der Waals surface area contributed by atoms with E-state index in [0.29, 0.717) is 38.5 Å². The molecular formula is C46H74O15. The fourth-order valence-electron chi connectivity index (χ4n) is 15.9. The van der Waals surface area contributed by atoms with Gasteiger partial charge in [0.2, 0.25) is 0 Å². The molecule has 0 bridgehead atoms. The van der Waals surface area contributed by atoms with Crippen LogP contribution < -0.4 is 0 Å². The Morgan fingerprint density at radius 3 is 2.02 bits per heavy atom. The van der Waals surface area contributed by atoms with Gasteiger partial charge in [0.1, 0.15) is 36.6 Å². The van der Waals surface area contributed by atoms with Gasteiger partial charge in [-0.2, -0.15) is 0 Å². The fraction of sp³-hybridized carbons (Fsp3) is 0.957. The Labute approximate surface area is 360 Å². The van der Waals surface area contributed by atoms with Crippen molar-refractivity contribution in [2.75, 3.05) is 6.61 Å². The van der Waals surface area contributed by atoms with E-state index in [1.54, 1.807) is 13.8 Å². The Morgan fingerprint density at radius 2 is 1.39 bits per heavy atom. The van der Waals surface area contributed by atoms with E-state index in [1.165, 1.54) is 13.8 Å². The van der Waals surface area contributed by atoms with Crippen LogP contribution in [0.3, 0.4) is 0 Å². The first-order valence-corrected chi connectivity index (χ1v) is 23.0. The van der Waals surface area contributed by atoms with Crippen LogP contribution in [0.25, 0.3) is 0 Å². The number of hydrogen-bond donors (Lipinski definition) is 7. The molecule has 6 aliphatic carbocycles. The van der Waals surface area contributed by atoms with E-state index in [1.807, 2.05) is 0 Å². The fourth-order valence-corrected chi connectivity index (χ4v) is 15.9. The average molecular weight is 867 g/mol. The normalized spacial score (nSPS) is 53.8. The summed E-state index contributed by atoms with van der Waals surface area (Å²) in [6, 6.07) is 0. The minimum Gasteiger partial charge on any atom is -0.460 e. The van der Waals surface area contributed by atoms with E-state index in [2.05, 4.69) is 34.6 Å². The predicted octanol–water partition coefficient (Wildman–Crippen LogP) is 2.67. The molecule has 2 saturated heterocycles. The van der Waals surface area contributed by atoms with Crippen LogP contribution in [-0.2, 0) is 38.0 Å². The lowest BCUT2D eigenvalue weighted by atomic mass is 9.41. The molecule has 8 fully saturated rings. The number of aliphatic hydroxyl groups excluding tert-OH is 6. The van der Waals surface area contributed by atoms with Gasteiger partial charge < -0.3 is 64.2 Å². The average Bonchev–Trinajstić information content (AvgIpc) is 3.52. The van der Waals surface area contributed by atoms with Crippen LogP contribution in [0.15, 0.2) is 0 Å². The molecule has 348 valence electrons. The molecule has 15 heteroatoms. The van der Waals surface area contributed by atoms with Crippen LogP contribution in [0.1, 0.15) is 133 Å². The predicted molar refractivity (Wildman–Crippen MR) is 216 cm³/mol. The zero-order valence-corrected chi connectivity index (χ0v) is 37.6. The molecule has 61 heavy (non-hydrogen) atoms. The first-order chi connectivity index (χ1) is 28.3.